The zero-order chi connectivity index (χ0) is 54.8. The molecule has 0 rings (SSSR count). The Kier molecular flexibility index (Phi) is 54.4. The van der Waals surface area contributed by atoms with Gasteiger partial charge in [-0.25, -0.2) is 0 Å². The van der Waals surface area contributed by atoms with Crippen LogP contribution < -0.4 is 5.11 Å². The molecule has 0 aliphatic rings. The van der Waals surface area contributed by atoms with Crippen molar-refractivity contribution in [2.24, 2.45) is 0 Å². The minimum atomic E-state index is -1.63. The molecule has 0 saturated carbocycles. The Hall–Kier alpha value is -3.27. The van der Waals surface area contributed by atoms with Crippen molar-refractivity contribution in [3.05, 3.63) is 72.9 Å². The molecule has 0 radical (unpaired) electrons. The SMILES string of the molecule is CC/C=C\C/C=C\C/C=C\C/C=C\CCCCCCC(=O)OC(COC(=O)CCCCCCCCCCCCCCCCCCCCCCC/C=C\C/C=C\CCCCCCC)COC(OCC[N+](C)(C)C)C(=O)[O-]. The number of hydrogen-bond acceptors (Lipinski definition) is 8. The summed E-state index contributed by atoms with van der Waals surface area (Å²) in [7, 11) is 5.91. The maximum atomic E-state index is 12.8. The predicted molar refractivity (Wildman–Crippen MR) is 315 cm³/mol. The van der Waals surface area contributed by atoms with Crippen LogP contribution in [0.3, 0.4) is 0 Å². The Morgan fingerprint density at radius 1 is 0.413 bits per heavy atom. The lowest BCUT2D eigenvalue weighted by Gasteiger charge is -2.26. The summed E-state index contributed by atoms with van der Waals surface area (Å²) in [5.74, 6) is -2.31. The van der Waals surface area contributed by atoms with Gasteiger partial charge in [0, 0.05) is 12.8 Å². The predicted octanol–water partition coefficient (Wildman–Crippen LogP) is 17.2. The number of likely N-dealkylation sites (N-methyl/N-ethyl adjacent to an activating group) is 1. The second kappa shape index (κ2) is 56.9. The van der Waals surface area contributed by atoms with Crippen LogP contribution in [-0.4, -0.2) is 82.3 Å². The van der Waals surface area contributed by atoms with Crippen LogP contribution in [0.1, 0.15) is 271 Å². The van der Waals surface area contributed by atoms with Crippen molar-refractivity contribution in [3.8, 4) is 0 Å². The molecule has 0 N–H and O–H groups in total. The van der Waals surface area contributed by atoms with Crippen LogP contribution in [0.5, 0.6) is 0 Å². The number of hydrogen-bond donors (Lipinski definition) is 0. The number of carboxylic acids is 1. The van der Waals surface area contributed by atoms with E-state index in [1.807, 2.05) is 21.1 Å². The second-order valence-electron chi connectivity index (χ2n) is 22.0. The number of nitrogens with zero attached hydrogens (tertiary/aromatic N) is 1. The average Bonchev–Trinajstić information content (AvgIpc) is 3.38. The zero-order valence-corrected chi connectivity index (χ0v) is 49.4. The molecule has 0 aromatic rings. The van der Waals surface area contributed by atoms with Gasteiger partial charge < -0.3 is 33.3 Å². The molecule has 2 atom stereocenters. The molecule has 2 unspecified atom stereocenters. The first-order valence-corrected chi connectivity index (χ1v) is 31.1. The quantitative estimate of drug-likeness (QED) is 0.0195. The lowest BCUT2D eigenvalue weighted by molar-refractivity contribution is -0.870. The Bertz CT molecular complexity index is 1460. The zero-order valence-electron chi connectivity index (χ0n) is 49.4. The van der Waals surface area contributed by atoms with E-state index in [0.717, 1.165) is 77.0 Å². The topological polar surface area (TPSA) is 111 Å². The largest absolute Gasteiger partial charge is 0.545 e. The molecule has 0 fully saturated rings. The van der Waals surface area contributed by atoms with Crippen LogP contribution in [0.4, 0.5) is 0 Å². The first-order valence-electron chi connectivity index (χ1n) is 31.1. The Morgan fingerprint density at radius 2 is 0.760 bits per heavy atom. The number of rotatable bonds is 57. The minimum absolute atomic E-state index is 0.141. The van der Waals surface area contributed by atoms with Gasteiger partial charge in [-0.3, -0.25) is 9.59 Å². The molecule has 0 aromatic heterocycles. The number of allylic oxidation sites excluding steroid dienone is 12. The van der Waals surface area contributed by atoms with Crippen molar-refractivity contribution in [2.75, 3.05) is 47.5 Å². The summed E-state index contributed by atoms with van der Waals surface area (Å²) >= 11 is 0. The summed E-state index contributed by atoms with van der Waals surface area (Å²) in [6.07, 6.45) is 71.2. The maximum Gasteiger partial charge on any atom is 0.306 e. The van der Waals surface area contributed by atoms with Gasteiger partial charge >= 0.3 is 11.9 Å². The average molecular weight is 1050 g/mol. The molecule has 0 bridgehead atoms. The van der Waals surface area contributed by atoms with Crippen LogP contribution in [0.15, 0.2) is 72.9 Å². The molecule has 0 heterocycles. The normalized spacial score (nSPS) is 13.2. The van der Waals surface area contributed by atoms with Gasteiger partial charge in [-0.15, -0.1) is 0 Å². The number of carbonyl (C=O) groups excluding carboxylic acids is 3. The second-order valence-corrected chi connectivity index (χ2v) is 22.0. The van der Waals surface area contributed by atoms with E-state index in [1.165, 1.54) is 161 Å². The molecule has 0 saturated heterocycles. The third-order valence-electron chi connectivity index (χ3n) is 13.4. The number of carbonyl (C=O) groups is 3. The Morgan fingerprint density at radius 3 is 1.13 bits per heavy atom. The Balaban J connectivity index is 4.09. The maximum absolute atomic E-state index is 12.8. The number of carboxylic acid groups (broad SMARTS) is 1. The highest BCUT2D eigenvalue weighted by Crippen LogP contribution is 2.17. The van der Waals surface area contributed by atoms with E-state index in [0.29, 0.717) is 17.4 Å². The van der Waals surface area contributed by atoms with Crippen molar-refractivity contribution in [1.82, 2.24) is 0 Å². The molecular formula is C66H117NO8. The van der Waals surface area contributed by atoms with Gasteiger partial charge in [-0.05, 0) is 83.5 Å². The summed E-state index contributed by atoms with van der Waals surface area (Å²) in [4.78, 5) is 37.3. The summed E-state index contributed by atoms with van der Waals surface area (Å²) in [6, 6.07) is 0. The van der Waals surface area contributed by atoms with Crippen molar-refractivity contribution in [3.63, 3.8) is 0 Å². The molecule has 9 nitrogen and oxygen atoms in total. The van der Waals surface area contributed by atoms with Gasteiger partial charge in [0.2, 0.25) is 0 Å². The van der Waals surface area contributed by atoms with Crippen LogP contribution in [0.2, 0.25) is 0 Å². The van der Waals surface area contributed by atoms with Gasteiger partial charge in [-0.2, -0.15) is 0 Å². The van der Waals surface area contributed by atoms with Gasteiger partial charge in [0.05, 0.1) is 40.3 Å². The highest BCUT2D eigenvalue weighted by Gasteiger charge is 2.22. The molecule has 0 aromatic carbocycles. The fraction of sp³-hybridized carbons (Fsp3) is 0.773. The van der Waals surface area contributed by atoms with Crippen LogP contribution in [0, 0.1) is 0 Å². The number of aliphatic carboxylic acids is 1. The van der Waals surface area contributed by atoms with Gasteiger partial charge in [-0.1, -0.05) is 247 Å². The molecule has 0 aliphatic heterocycles. The number of ether oxygens (including phenoxy) is 4. The van der Waals surface area contributed by atoms with E-state index >= 15 is 0 Å². The fourth-order valence-corrected chi connectivity index (χ4v) is 8.68. The van der Waals surface area contributed by atoms with E-state index in [-0.39, 0.29) is 38.6 Å². The monoisotopic (exact) mass is 1050 g/mol. The molecule has 0 spiro atoms. The van der Waals surface area contributed by atoms with Gasteiger partial charge in [0.15, 0.2) is 12.4 Å². The van der Waals surface area contributed by atoms with Crippen molar-refractivity contribution >= 4 is 17.9 Å². The van der Waals surface area contributed by atoms with E-state index in [9.17, 15) is 19.5 Å². The molecule has 434 valence electrons. The number of unbranched alkanes of at least 4 members (excludes halogenated alkanes) is 30. The fourth-order valence-electron chi connectivity index (χ4n) is 8.68. The third kappa shape index (κ3) is 58.3. The van der Waals surface area contributed by atoms with Crippen molar-refractivity contribution in [2.45, 2.75) is 283 Å². The lowest BCUT2D eigenvalue weighted by atomic mass is 10.0. The summed E-state index contributed by atoms with van der Waals surface area (Å²) in [5.41, 5.74) is 0. The smallest absolute Gasteiger partial charge is 0.306 e. The molecule has 0 amide bonds. The first-order chi connectivity index (χ1) is 36.6. The van der Waals surface area contributed by atoms with E-state index in [1.54, 1.807) is 0 Å². The summed E-state index contributed by atoms with van der Waals surface area (Å²) in [6.45, 7) is 4.61. The third-order valence-corrected chi connectivity index (χ3v) is 13.4. The van der Waals surface area contributed by atoms with E-state index in [2.05, 4.69) is 86.8 Å². The lowest BCUT2D eigenvalue weighted by Crippen LogP contribution is -2.44. The van der Waals surface area contributed by atoms with Crippen LogP contribution >= 0.6 is 0 Å². The highest BCUT2D eigenvalue weighted by molar-refractivity contribution is 5.70. The highest BCUT2D eigenvalue weighted by atomic mass is 16.7. The first kappa shape index (κ1) is 71.7. The van der Waals surface area contributed by atoms with Gasteiger partial charge in [0.1, 0.15) is 13.2 Å². The van der Waals surface area contributed by atoms with E-state index < -0.39 is 24.3 Å². The van der Waals surface area contributed by atoms with E-state index in [4.69, 9.17) is 18.9 Å². The number of quaternary nitrogens is 1. The molecule has 75 heavy (non-hydrogen) atoms. The summed E-state index contributed by atoms with van der Waals surface area (Å²) < 4.78 is 22.7. The molecule has 9 heteroatoms. The van der Waals surface area contributed by atoms with Crippen molar-refractivity contribution < 1.29 is 42.9 Å². The molecular weight excluding hydrogens is 935 g/mol. The standard InChI is InChI=1S/C66H117NO8/c1-6-8-10-12-14-16-18-20-22-24-25-26-27-28-29-30-31-32-33-34-35-36-37-38-39-41-42-44-46-48-50-52-54-56-63(68)73-60-62(61-74-66(65(70)71)72-59-58-67(3,4)5)75-64(69)57-55-53-51-49-47-45-43-40-23-21-19-17-15-13-11-9-7-2/h9,11,15,17-18,20-21,23-25,43,45,62,66H,6-8,10,12-14,16,19,22,26-42,44,46-61H2,1-5H3/b11-9-,17-15-,20-18-,23-21-,25-24-,45-43-. The summed E-state index contributed by atoms with van der Waals surface area (Å²) in [5, 5.41) is 11.8. The minimum Gasteiger partial charge on any atom is -0.545 e. The molecule has 0 aliphatic carbocycles. The van der Waals surface area contributed by atoms with Crippen LogP contribution in [-0.2, 0) is 33.3 Å². The van der Waals surface area contributed by atoms with Gasteiger partial charge in [0.25, 0.3) is 0 Å². The van der Waals surface area contributed by atoms with Crippen molar-refractivity contribution in [1.29, 1.82) is 0 Å². The Labute approximate surface area is 462 Å². The number of esters is 2. The van der Waals surface area contributed by atoms with Crippen LogP contribution in [0.25, 0.3) is 0 Å².